The van der Waals surface area contributed by atoms with Crippen LogP contribution in [0.2, 0.25) is 0 Å². The molecule has 0 atom stereocenters. The molecule has 0 saturated carbocycles. The molecule has 3 aromatic rings. The fourth-order valence-corrected chi connectivity index (χ4v) is 3.93. The van der Waals surface area contributed by atoms with Gasteiger partial charge in [-0.25, -0.2) is 4.79 Å². The van der Waals surface area contributed by atoms with Crippen LogP contribution in [0.25, 0.3) is 11.6 Å². The second-order valence-electron chi connectivity index (χ2n) is 5.68. The van der Waals surface area contributed by atoms with Crippen molar-refractivity contribution in [1.29, 1.82) is 0 Å². The molecule has 0 spiro atoms. The molecule has 24 heavy (non-hydrogen) atoms. The Morgan fingerprint density at radius 1 is 1.29 bits per heavy atom. The van der Waals surface area contributed by atoms with Crippen LogP contribution in [0.1, 0.15) is 45.3 Å². The predicted molar refractivity (Wildman–Crippen MR) is 86.7 cm³/mol. The van der Waals surface area contributed by atoms with E-state index in [0.717, 1.165) is 12.8 Å². The normalized spacial score (nSPS) is 14.2. The number of carbonyl (C=O) groups is 1. The van der Waals surface area contributed by atoms with Gasteiger partial charge in [0.05, 0.1) is 6.26 Å². The number of hydrogen-bond donors (Lipinski definition) is 0. The van der Waals surface area contributed by atoms with Crippen molar-refractivity contribution in [1.82, 2.24) is 10.1 Å². The number of rotatable bonds is 4. The molecule has 0 fully saturated rings. The first-order chi connectivity index (χ1) is 11.8. The van der Waals surface area contributed by atoms with Gasteiger partial charge in [0.1, 0.15) is 4.88 Å². The Kier molecular flexibility index (Phi) is 4.17. The summed E-state index contributed by atoms with van der Waals surface area (Å²) >= 11 is 1.54. The van der Waals surface area contributed by atoms with E-state index in [1.807, 2.05) is 6.07 Å². The second-order valence-corrected chi connectivity index (χ2v) is 6.82. The molecule has 0 bridgehead atoms. The van der Waals surface area contributed by atoms with E-state index in [-0.39, 0.29) is 18.5 Å². The van der Waals surface area contributed by atoms with Gasteiger partial charge in [-0.1, -0.05) is 11.6 Å². The van der Waals surface area contributed by atoms with E-state index in [1.165, 1.54) is 47.3 Å². The van der Waals surface area contributed by atoms with Crippen LogP contribution in [0.15, 0.2) is 33.4 Å². The maximum atomic E-state index is 12.2. The Hall–Kier alpha value is -2.41. The van der Waals surface area contributed by atoms with Crippen LogP contribution in [-0.4, -0.2) is 16.1 Å². The molecule has 1 aliphatic rings. The van der Waals surface area contributed by atoms with E-state index >= 15 is 0 Å². The van der Waals surface area contributed by atoms with E-state index < -0.39 is 0 Å². The Morgan fingerprint density at radius 3 is 3.08 bits per heavy atom. The van der Waals surface area contributed by atoms with Gasteiger partial charge >= 0.3 is 5.97 Å². The van der Waals surface area contributed by atoms with Crippen molar-refractivity contribution >= 4 is 17.3 Å². The SMILES string of the molecule is O=C(OCc1nc(-c2ccco2)no1)c1cc2c(s1)CCCCC2. The maximum absolute atomic E-state index is 12.2. The summed E-state index contributed by atoms with van der Waals surface area (Å²) in [5, 5.41) is 3.80. The van der Waals surface area contributed by atoms with Gasteiger partial charge in [-0.15, -0.1) is 11.3 Å². The van der Waals surface area contributed by atoms with Crippen molar-refractivity contribution < 1.29 is 18.5 Å². The lowest BCUT2D eigenvalue weighted by atomic mass is 10.1. The van der Waals surface area contributed by atoms with Crippen LogP contribution in [0.4, 0.5) is 0 Å². The molecule has 0 aliphatic heterocycles. The Bertz CT molecular complexity index is 811. The van der Waals surface area contributed by atoms with E-state index in [0.29, 0.717) is 16.5 Å². The van der Waals surface area contributed by atoms with Crippen LogP contribution in [0, 0.1) is 0 Å². The Morgan fingerprint density at radius 2 is 2.21 bits per heavy atom. The molecular formula is C17H16N2O4S. The summed E-state index contributed by atoms with van der Waals surface area (Å²) in [6.45, 7) is -0.0465. The lowest BCUT2D eigenvalue weighted by Crippen LogP contribution is -2.03. The minimum absolute atomic E-state index is 0.0465. The van der Waals surface area contributed by atoms with Crippen LogP contribution < -0.4 is 0 Å². The number of esters is 1. The molecule has 0 radical (unpaired) electrons. The van der Waals surface area contributed by atoms with Gasteiger partial charge in [0.2, 0.25) is 5.82 Å². The van der Waals surface area contributed by atoms with E-state index in [2.05, 4.69) is 10.1 Å². The van der Waals surface area contributed by atoms with Crippen LogP contribution in [0.5, 0.6) is 0 Å². The number of hydrogen-bond acceptors (Lipinski definition) is 7. The van der Waals surface area contributed by atoms with E-state index in [9.17, 15) is 4.79 Å². The third-order valence-corrected chi connectivity index (χ3v) is 5.20. The van der Waals surface area contributed by atoms with Crippen molar-refractivity contribution in [2.75, 3.05) is 0 Å². The van der Waals surface area contributed by atoms with E-state index in [1.54, 1.807) is 12.1 Å². The van der Waals surface area contributed by atoms with Crippen LogP contribution in [-0.2, 0) is 24.2 Å². The number of thiophene rings is 1. The summed E-state index contributed by atoms with van der Waals surface area (Å²) in [5.74, 6) is 0.755. The zero-order chi connectivity index (χ0) is 16.4. The number of nitrogens with zero attached hydrogens (tertiary/aromatic N) is 2. The smallest absolute Gasteiger partial charge is 0.348 e. The molecule has 0 unspecified atom stereocenters. The quantitative estimate of drug-likeness (QED) is 0.525. The van der Waals surface area contributed by atoms with Gasteiger partial charge in [-0.05, 0) is 49.4 Å². The highest BCUT2D eigenvalue weighted by Crippen LogP contribution is 2.29. The predicted octanol–water partition coefficient (Wildman–Crippen LogP) is 4.02. The average Bonchev–Trinajstić information content (AvgIpc) is 3.31. The topological polar surface area (TPSA) is 78.4 Å². The van der Waals surface area contributed by atoms with Crippen molar-refractivity contribution in [3.05, 3.63) is 45.7 Å². The fraction of sp³-hybridized carbons (Fsp3) is 0.353. The molecule has 0 saturated heterocycles. The number of fused-ring (bicyclic) bond motifs is 1. The average molecular weight is 344 g/mol. The van der Waals surface area contributed by atoms with Gasteiger partial charge < -0.3 is 13.7 Å². The van der Waals surface area contributed by atoms with Crippen LogP contribution >= 0.6 is 11.3 Å². The molecule has 0 aromatic carbocycles. The standard InChI is InChI=1S/C17H16N2O4S/c20-17(14-9-11-5-2-1-3-7-13(11)24-14)22-10-15-18-16(19-23-15)12-6-4-8-21-12/h4,6,8-9H,1-3,5,7,10H2. The highest BCUT2D eigenvalue weighted by atomic mass is 32.1. The zero-order valence-corrected chi connectivity index (χ0v) is 13.8. The molecule has 4 rings (SSSR count). The molecule has 124 valence electrons. The Balaban J connectivity index is 1.40. The first kappa shape index (κ1) is 15.1. The van der Waals surface area contributed by atoms with Crippen molar-refractivity contribution in [3.8, 4) is 11.6 Å². The molecule has 3 aromatic heterocycles. The van der Waals surface area contributed by atoms with Gasteiger partial charge in [-0.3, -0.25) is 0 Å². The third-order valence-electron chi connectivity index (χ3n) is 3.98. The first-order valence-electron chi connectivity index (χ1n) is 7.95. The largest absolute Gasteiger partial charge is 0.461 e. The summed E-state index contributed by atoms with van der Waals surface area (Å²) in [4.78, 5) is 18.4. The molecule has 3 heterocycles. The summed E-state index contributed by atoms with van der Waals surface area (Å²) in [6.07, 6.45) is 7.29. The number of furan rings is 1. The number of aryl methyl sites for hydroxylation is 2. The first-order valence-corrected chi connectivity index (χ1v) is 8.76. The minimum Gasteiger partial charge on any atom is -0.461 e. The summed E-state index contributed by atoms with van der Waals surface area (Å²) in [6, 6.07) is 5.45. The lowest BCUT2D eigenvalue weighted by molar-refractivity contribution is 0.0435. The third kappa shape index (κ3) is 3.12. The minimum atomic E-state index is -0.342. The highest BCUT2D eigenvalue weighted by Gasteiger charge is 2.19. The number of carbonyl (C=O) groups excluding carboxylic acids is 1. The molecule has 0 N–H and O–H groups in total. The highest BCUT2D eigenvalue weighted by molar-refractivity contribution is 7.14. The van der Waals surface area contributed by atoms with Gasteiger partial charge in [-0.2, -0.15) is 4.98 Å². The van der Waals surface area contributed by atoms with Gasteiger partial charge in [0.15, 0.2) is 12.4 Å². The molecule has 1 aliphatic carbocycles. The number of ether oxygens (including phenoxy) is 1. The van der Waals surface area contributed by atoms with Gasteiger partial charge in [0, 0.05) is 4.88 Å². The van der Waals surface area contributed by atoms with E-state index in [4.69, 9.17) is 13.7 Å². The van der Waals surface area contributed by atoms with Crippen molar-refractivity contribution in [2.24, 2.45) is 0 Å². The summed E-state index contributed by atoms with van der Waals surface area (Å²) < 4.78 is 15.6. The van der Waals surface area contributed by atoms with Crippen LogP contribution in [0.3, 0.4) is 0 Å². The molecule has 0 amide bonds. The molecular weight excluding hydrogens is 328 g/mol. The lowest BCUT2D eigenvalue weighted by Gasteiger charge is -1.98. The Labute approximate surface area is 142 Å². The summed E-state index contributed by atoms with van der Waals surface area (Å²) in [7, 11) is 0. The van der Waals surface area contributed by atoms with Crippen molar-refractivity contribution in [3.63, 3.8) is 0 Å². The number of aromatic nitrogens is 2. The summed E-state index contributed by atoms with van der Waals surface area (Å²) in [5.41, 5.74) is 1.29. The monoisotopic (exact) mass is 344 g/mol. The molecule has 7 heteroatoms. The maximum Gasteiger partial charge on any atom is 0.348 e. The van der Waals surface area contributed by atoms with Crippen molar-refractivity contribution in [2.45, 2.75) is 38.7 Å². The molecule has 6 nitrogen and oxygen atoms in total. The van der Waals surface area contributed by atoms with Gasteiger partial charge in [0.25, 0.3) is 5.89 Å². The zero-order valence-electron chi connectivity index (χ0n) is 13.0. The second kappa shape index (κ2) is 6.60. The fourth-order valence-electron chi connectivity index (χ4n) is 2.79.